The number of nitrogens with zero attached hydrogens (tertiary/aromatic N) is 3. The van der Waals surface area contributed by atoms with Crippen molar-refractivity contribution in [2.75, 3.05) is 11.4 Å². The van der Waals surface area contributed by atoms with Crippen molar-refractivity contribution < 1.29 is 14.6 Å². The van der Waals surface area contributed by atoms with Crippen molar-refractivity contribution in [3.05, 3.63) is 86.5 Å². The SMILES string of the molecule is CCN(C(=O)c1cc([N+](=O)[O-])cc([N+](=O)[O-])c1)c1cccc2ccccc12. The molecule has 3 aromatic carbocycles. The van der Waals surface area contributed by atoms with Crippen molar-refractivity contribution in [3.63, 3.8) is 0 Å². The summed E-state index contributed by atoms with van der Waals surface area (Å²) >= 11 is 0. The quantitative estimate of drug-likeness (QED) is 0.494. The third kappa shape index (κ3) is 3.45. The number of hydrogen-bond acceptors (Lipinski definition) is 5. The van der Waals surface area contributed by atoms with E-state index in [0.717, 1.165) is 29.0 Å². The molecule has 0 heterocycles. The van der Waals surface area contributed by atoms with Crippen LogP contribution in [0.5, 0.6) is 0 Å². The average molecular weight is 365 g/mol. The van der Waals surface area contributed by atoms with E-state index in [9.17, 15) is 25.0 Å². The predicted molar refractivity (Wildman–Crippen MR) is 101 cm³/mol. The number of hydrogen-bond donors (Lipinski definition) is 0. The second-order valence-electron chi connectivity index (χ2n) is 5.80. The lowest BCUT2D eigenvalue weighted by atomic mass is 10.1. The van der Waals surface area contributed by atoms with Crippen molar-refractivity contribution in [1.82, 2.24) is 0 Å². The highest BCUT2D eigenvalue weighted by atomic mass is 16.6. The molecule has 0 saturated heterocycles. The summed E-state index contributed by atoms with van der Waals surface area (Å²) in [6.07, 6.45) is 0. The number of carbonyl (C=O) groups excluding carboxylic acids is 1. The Hall–Kier alpha value is -3.81. The number of non-ortho nitro benzene ring substituents is 2. The predicted octanol–water partition coefficient (Wildman–Crippen LogP) is 4.32. The summed E-state index contributed by atoms with van der Waals surface area (Å²) in [6, 6.07) is 16.0. The highest BCUT2D eigenvalue weighted by Crippen LogP contribution is 2.29. The van der Waals surface area contributed by atoms with Crippen LogP contribution in [0.15, 0.2) is 60.7 Å². The summed E-state index contributed by atoms with van der Waals surface area (Å²) in [5.41, 5.74) is -0.469. The Morgan fingerprint density at radius 2 is 1.52 bits per heavy atom. The smallest absolute Gasteiger partial charge is 0.277 e. The maximum atomic E-state index is 13.1. The molecule has 0 unspecified atom stereocenters. The summed E-state index contributed by atoms with van der Waals surface area (Å²) in [5.74, 6) is -0.541. The molecule has 3 aromatic rings. The Morgan fingerprint density at radius 3 is 2.11 bits per heavy atom. The summed E-state index contributed by atoms with van der Waals surface area (Å²) < 4.78 is 0. The zero-order valence-corrected chi connectivity index (χ0v) is 14.4. The van der Waals surface area contributed by atoms with Crippen LogP contribution in [0, 0.1) is 20.2 Å². The highest BCUT2D eigenvalue weighted by molar-refractivity contribution is 6.11. The summed E-state index contributed by atoms with van der Waals surface area (Å²) in [7, 11) is 0. The molecule has 8 nitrogen and oxygen atoms in total. The van der Waals surface area contributed by atoms with Gasteiger partial charge in [-0.3, -0.25) is 25.0 Å². The van der Waals surface area contributed by atoms with E-state index in [1.54, 1.807) is 13.0 Å². The number of rotatable bonds is 5. The first-order chi connectivity index (χ1) is 12.9. The number of benzene rings is 3. The van der Waals surface area contributed by atoms with E-state index in [-0.39, 0.29) is 5.56 Å². The van der Waals surface area contributed by atoms with Crippen LogP contribution in [-0.2, 0) is 0 Å². The van der Waals surface area contributed by atoms with Gasteiger partial charge in [0.25, 0.3) is 17.3 Å². The van der Waals surface area contributed by atoms with E-state index in [1.807, 2.05) is 36.4 Å². The molecule has 136 valence electrons. The third-order valence-corrected chi connectivity index (χ3v) is 4.19. The molecule has 0 aliphatic heterocycles. The second kappa shape index (κ2) is 7.20. The van der Waals surface area contributed by atoms with E-state index in [4.69, 9.17) is 0 Å². The molecule has 0 bridgehead atoms. The molecule has 0 N–H and O–H groups in total. The minimum atomic E-state index is -0.752. The van der Waals surface area contributed by atoms with Gasteiger partial charge >= 0.3 is 0 Å². The Morgan fingerprint density at radius 1 is 0.926 bits per heavy atom. The molecule has 0 fully saturated rings. The standard InChI is InChI=1S/C19H15N3O5/c1-2-20(18-9-5-7-13-6-3-4-8-17(13)18)19(23)14-10-15(21(24)25)12-16(11-14)22(26)27/h3-12H,2H2,1H3. The Balaban J connectivity index is 2.12. The van der Waals surface area contributed by atoms with E-state index in [2.05, 4.69) is 0 Å². The van der Waals surface area contributed by atoms with Crippen molar-refractivity contribution >= 4 is 33.7 Å². The fraction of sp³-hybridized carbons (Fsp3) is 0.105. The maximum Gasteiger partial charge on any atom is 0.277 e. The largest absolute Gasteiger partial charge is 0.308 e. The number of amides is 1. The second-order valence-corrected chi connectivity index (χ2v) is 5.80. The molecule has 0 aliphatic carbocycles. The molecule has 1 amide bonds. The van der Waals surface area contributed by atoms with Gasteiger partial charge < -0.3 is 4.90 Å². The minimum absolute atomic E-state index is 0.106. The molecular weight excluding hydrogens is 350 g/mol. The van der Waals surface area contributed by atoms with Crippen molar-refractivity contribution in [2.45, 2.75) is 6.92 Å². The molecule has 0 spiro atoms. The molecule has 0 aromatic heterocycles. The van der Waals surface area contributed by atoms with Crippen LogP contribution in [-0.4, -0.2) is 22.3 Å². The first kappa shape index (κ1) is 18.0. The number of fused-ring (bicyclic) bond motifs is 1. The Kier molecular flexibility index (Phi) is 4.80. The Bertz CT molecular complexity index is 1030. The average Bonchev–Trinajstić information content (AvgIpc) is 2.68. The molecule has 0 atom stereocenters. The molecule has 27 heavy (non-hydrogen) atoms. The van der Waals surface area contributed by atoms with Gasteiger partial charge in [-0.05, 0) is 18.4 Å². The van der Waals surface area contributed by atoms with Crippen LogP contribution in [0.4, 0.5) is 17.1 Å². The molecule has 0 saturated carbocycles. The first-order valence-corrected chi connectivity index (χ1v) is 8.16. The number of nitro groups is 2. The van der Waals surface area contributed by atoms with E-state index < -0.39 is 27.1 Å². The van der Waals surface area contributed by atoms with Crippen LogP contribution >= 0.6 is 0 Å². The van der Waals surface area contributed by atoms with Gasteiger partial charge in [0.2, 0.25) is 0 Å². The van der Waals surface area contributed by atoms with Crippen LogP contribution in [0.3, 0.4) is 0 Å². The molecule has 8 heteroatoms. The summed E-state index contributed by atoms with van der Waals surface area (Å²) in [5, 5.41) is 24.0. The highest BCUT2D eigenvalue weighted by Gasteiger charge is 2.24. The van der Waals surface area contributed by atoms with Gasteiger partial charge in [-0.25, -0.2) is 0 Å². The van der Waals surface area contributed by atoms with Gasteiger partial charge in [0.05, 0.1) is 27.2 Å². The van der Waals surface area contributed by atoms with Crippen molar-refractivity contribution in [2.24, 2.45) is 0 Å². The summed E-state index contributed by atoms with van der Waals surface area (Å²) in [6.45, 7) is 2.06. The zero-order chi connectivity index (χ0) is 19.6. The molecule has 3 rings (SSSR count). The van der Waals surface area contributed by atoms with Gasteiger partial charge in [-0.15, -0.1) is 0 Å². The lowest BCUT2D eigenvalue weighted by Gasteiger charge is -2.22. The number of anilines is 1. The maximum absolute atomic E-state index is 13.1. The Labute approximate surface area is 153 Å². The van der Waals surface area contributed by atoms with E-state index in [1.165, 1.54) is 4.90 Å². The minimum Gasteiger partial charge on any atom is -0.308 e. The van der Waals surface area contributed by atoms with Crippen LogP contribution in [0.25, 0.3) is 10.8 Å². The van der Waals surface area contributed by atoms with Crippen molar-refractivity contribution in [3.8, 4) is 0 Å². The van der Waals surface area contributed by atoms with E-state index in [0.29, 0.717) is 12.2 Å². The number of carbonyl (C=O) groups is 1. The fourth-order valence-corrected chi connectivity index (χ4v) is 2.95. The molecule has 0 aliphatic rings. The van der Waals surface area contributed by atoms with Crippen LogP contribution < -0.4 is 4.90 Å². The normalized spacial score (nSPS) is 10.6. The monoisotopic (exact) mass is 365 g/mol. The molecular formula is C19H15N3O5. The fourth-order valence-electron chi connectivity index (χ4n) is 2.95. The lowest BCUT2D eigenvalue weighted by molar-refractivity contribution is -0.394. The van der Waals surface area contributed by atoms with Crippen molar-refractivity contribution in [1.29, 1.82) is 0 Å². The topological polar surface area (TPSA) is 107 Å². The van der Waals surface area contributed by atoms with Gasteiger partial charge in [-0.2, -0.15) is 0 Å². The lowest BCUT2D eigenvalue weighted by Crippen LogP contribution is -2.30. The van der Waals surface area contributed by atoms with Crippen LogP contribution in [0.2, 0.25) is 0 Å². The van der Waals surface area contributed by atoms with Gasteiger partial charge in [0.15, 0.2) is 0 Å². The molecule has 0 radical (unpaired) electrons. The van der Waals surface area contributed by atoms with E-state index >= 15 is 0 Å². The zero-order valence-electron chi connectivity index (χ0n) is 14.4. The van der Waals surface area contributed by atoms with Gasteiger partial charge in [0.1, 0.15) is 0 Å². The van der Waals surface area contributed by atoms with Gasteiger partial charge in [-0.1, -0.05) is 36.4 Å². The number of nitro benzene ring substituents is 2. The summed E-state index contributed by atoms with van der Waals surface area (Å²) in [4.78, 5) is 35.2. The third-order valence-electron chi connectivity index (χ3n) is 4.19. The van der Waals surface area contributed by atoms with Crippen LogP contribution in [0.1, 0.15) is 17.3 Å². The first-order valence-electron chi connectivity index (χ1n) is 8.16. The van der Waals surface area contributed by atoms with Gasteiger partial charge in [0, 0.05) is 24.1 Å².